The van der Waals surface area contributed by atoms with E-state index in [4.69, 9.17) is 16.6 Å². The third kappa shape index (κ3) is 6.99. The van der Waals surface area contributed by atoms with Gasteiger partial charge in [-0.15, -0.1) is 0 Å². The van der Waals surface area contributed by atoms with Crippen molar-refractivity contribution in [1.82, 2.24) is 14.1 Å². The van der Waals surface area contributed by atoms with Crippen LogP contribution >= 0.6 is 0 Å². The fraction of sp³-hybridized carbons (Fsp3) is 0.222. The van der Waals surface area contributed by atoms with Crippen LogP contribution in [0.5, 0.6) is 11.5 Å². The van der Waals surface area contributed by atoms with Gasteiger partial charge < -0.3 is 4.74 Å². The zero-order valence-electron chi connectivity index (χ0n) is 40.2. The third-order valence-electron chi connectivity index (χ3n) is 11.2. The largest absolute Gasteiger partial charge is 0.458 e. The summed E-state index contributed by atoms with van der Waals surface area (Å²) in [4.78, 5) is 4.86. The van der Waals surface area contributed by atoms with Gasteiger partial charge in [0.15, 0.2) is 0 Å². The summed E-state index contributed by atoms with van der Waals surface area (Å²) in [7, 11) is 0. The quantitative estimate of drug-likeness (QED) is 0.125. The number of ether oxygens (including phenoxy) is 1. The smallest absolute Gasteiger partial charge is 0.269 e. The van der Waals surface area contributed by atoms with Crippen molar-refractivity contribution >= 4 is 32.8 Å². The van der Waals surface area contributed by atoms with Gasteiger partial charge in [-0.3, -0.25) is 13.7 Å². The summed E-state index contributed by atoms with van der Waals surface area (Å²) in [5.74, 6) is 2.16. The standard InChI is InChI=1S/C54H52N4O/c1-52(2,3)37-25-28-47-49(31-37)56(35-57(47)51-42(36-17-11-10-12-18-36)22-16-23-45(51)54(7,8)9)39-19-15-20-40(33-39)59-41-26-27-44-43-21-13-14-24-46(43)58(48(44)34-41)50-32-38(29-30-55-50)53(4,5)6/h10-34H,1-9H3/i10D,11D,12D,17D,18D. The lowest BCUT2D eigenvalue weighted by atomic mass is 9.83. The van der Waals surface area contributed by atoms with Crippen LogP contribution in [-0.4, -0.2) is 14.1 Å². The van der Waals surface area contributed by atoms with E-state index in [2.05, 4.69) is 140 Å². The van der Waals surface area contributed by atoms with E-state index in [1.807, 2.05) is 63.9 Å². The molecule has 0 atom stereocenters. The molecule has 0 amide bonds. The Hall–Kier alpha value is -6.46. The Morgan fingerprint density at radius 1 is 0.610 bits per heavy atom. The minimum absolute atomic E-state index is 0.0472. The second-order valence-electron chi connectivity index (χ2n) is 18.5. The van der Waals surface area contributed by atoms with E-state index in [1.54, 1.807) is 0 Å². The van der Waals surface area contributed by atoms with Crippen LogP contribution < -0.4 is 9.30 Å². The molecule has 5 nitrogen and oxygen atoms in total. The highest BCUT2D eigenvalue weighted by atomic mass is 16.5. The lowest BCUT2D eigenvalue weighted by Gasteiger charge is -2.26. The Morgan fingerprint density at radius 2 is 1.32 bits per heavy atom. The number of pyridine rings is 1. The lowest BCUT2D eigenvalue weighted by molar-refractivity contribution is -0.572. The van der Waals surface area contributed by atoms with Crippen LogP contribution in [0.15, 0.2) is 152 Å². The van der Waals surface area contributed by atoms with E-state index in [0.29, 0.717) is 22.7 Å². The van der Waals surface area contributed by atoms with Crippen LogP contribution in [0.2, 0.25) is 0 Å². The minimum atomic E-state index is -0.426. The van der Waals surface area contributed by atoms with Gasteiger partial charge >= 0.3 is 0 Å². The molecule has 3 heterocycles. The molecule has 0 saturated carbocycles. The fourth-order valence-electron chi connectivity index (χ4n) is 8.00. The van der Waals surface area contributed by atoms with Crippen LogP contribution in [0.3, 0.4) is 0 Å². The van der Waals surface area contributed by atoms with Crippen molar-refractivity contribution in [3.63, 3.8) is 0 Å². The predicted octanol–water partition coefficient (Wildman–Crippen LogP) is 13.6. The molecule has 0 spiro atoms. The Labute approximate surface area is 355 Å². The molecule has 5 heteroatoms. The topological polar surface area (TPSA) is 35.9 Å². The van der Waals surface area contributed by atoms with Crippen LogP contribution in [0, 0.1) is 6.33 Å². The van der Waals surface area contributed by atoms with Crippen molar-refractivity contribution < 1.29 is 16.2 Å². The molecule has 0 bridgehead atoms. The molecule has 9 aromatic rings. The maximum atomic E-state index is 9.02. The van der Waals surface area contributed by atoms with Crippen LogP contribution in [0.4, 0.5) is 0 Å². The van der Waals surface area contributed by atoms with Gasteiger partial charge in [-0.1, -0.05) is 147 Å². The number of benzene rings is 6. The third-order valence-corrected chi connectivity index (χ3v) is 11.2. The number of imidazole rings is 1. The van der Waals surface area contributed by atoms with E-state index in [9.17, 15) is 0 Å². The first-order chi connectivity index (χ1) is 30.2. The molecule has 294 valence electrons. The van der Waals surface area contributed by atoms with E-state index in [-0.39, 0.29) is 40.6 Å². The molecule has 6 aromatic carbocycles. The van der Waals surface area contributed by atoms with Crippen molar-refractivity contribution in [3.8, 4) is 39.8 Å². The zero-order chi connectivity index (χ0) is 45.6. The van der Waals surface area contributed by atoms with Crippen LogP contribution in [0.25, 0.3) is 61.2 Å². The highest BCUT2D eigenvalue weighted by Gasteiger charge is 2.26. The fourth-order valence-corrected chi connectivity index (χ4v) is 8.00. The summed E-state index contributed by atoms with van der Waals surface area (Å²) in [5, 5.41) is 2.24. The Bertz CT molecular complexity index is 3300. The maximum absolute atomic E-state index is 9.02. The molecule has 0 fully saturated rings. The summed E-state index contributed by atoms with van der Waals surface area (Å²) in [6.45, 7) is 19.5. The number of hydrogen-bond donors (Lipinski definition) is 0. The highest BCUT2D eigenvalue weighted by Crippen LogP contribution is 2.38. The van der Waals surface area contributed by atoms with Gasteiger partial charge in [0.1, 0.15) is 17.3 Å². The number of para-hydroxylation sites is 2. The Kier molecular flexibility index (Phi) is 7.78. The average Bonchev–Trinajstić information content (AvgIpc) is 3.80. The summed E-state index contributed by atoms with van der Waals surface area (Å²) in [6.07, 6.45) is 5.57. The van der Waals surface area contributed by atoms with Crippen molar-refractivity contribution in [2.45, 2.75) is 78.6 Å². The van der Waals surface area contributed by atoms with Crippen LogP contribution in [-0.2, 0) is 16.2 Å². The molecule has 9 rings (SSSR count). The first-order valence-electron chi connectivity index (χ1n) is 22.7. The Morgan fingerprint density at radius 3 is 2.08 bits per heavy atom. The molecule has 0 N–H and O–H groups in total. The lowest BCUT2D eigenvalue weighted by Crippen LogP contribution is -2.34. The highest BCUT2D eigenvalue weighted by molar-refractivity contribution is 6.09. The van der Waals surface area contributed by atoms with Crippen molar-refractivity contribution in [3.05, 3.63) is 175 Å². The van der Waals surface area contributed by atoms with Crippen molar-refractivity contribution in [2.24, 2.45) is 0 Å². The van der Waals surface area contributed by atoms with Gasteiger partial charge in [-0.25, -0.2) is 4.98 Å². The van der Waals surface area contributed by atoms with Crippen molar-refractivity contribution in [2.75, 3.05) is 0 Å². The van der Waals surface area contributed by atoms with E-state index >= 15 is 0 Å². The first-order valence-corrected chi connectivity index (χ1v) is 20.2. The number of hydrogen-bond acceptors (Lipinski definition) is 2. The number of nitrogens with zero attached hydrogens (tertiary/aromatic N) is 4. The summed E-state index contributed by atoms with van der Waals surface area (Å²) in [6, 6.07) is 37.3. The molecule has 0 aliphatic heterocycles. The van der Waals surface area contributed by atoms with Gasteiger partial charge in [0.25, 0.3) is 6.33 Å². The van der Waals surface area contributed by atoms with E-state index in [0.717, 1.165) is 55.5 Å². The van der Waals surface area contributed by atoms with Gasteiger partial charge in [0.2, 0.25) is 0 Å². The van der Waals surface area contributed by atoms with Crippen LogP contribution in [0.1, 0.15) is 85.9 Å². The van der Waals surface area contributed by atoms with E-state index in [1.165, 1.54) is 5.56 Å². The minimum Gasteiger partial charge on any atom is -0.458 e. The number of fused-ring (bicyclic) bond motifs is 4. The van der Waals surface area contributed by atoms with E-state index < -0.39 is 11.5 Å². The first kappa shape index (κ1) is 32.5. The summed E-state index contributed by atoms with van der Waals surface area (Å²) >= 11 is 0. The summed E-state index contributed by atoms with van der Waals surface area (Å²) in [5.41, 5.74) is 8.61. The SMILES string of the molecule is [2H]c1c([2H])c([2H])c(-c2cccc(C(C)(C)C)c2-[n+]2[c-]n(-c3cccc(Oc4ccc5c6ccccc6n(-c6cc(C(C)(C)C)ccn6)c5c4)c3)c3cc(C(C)(C)C)ccc32)c([2H])c1[2H]. The average molecular weight is 778 g/mol. The molecule has 59 heavy (non-hydrogen) atoms. The molecular formula is C54H52N4O. The second kappa shape index (κ2) is 14.1. The van der Waals surface area contributed by atoms with Gasteiger partial charge in [-0.05, 0) is 98.7 Å². The molecule has 0 aliphatic rings. The molecule has 0 unspecified atom stereocenters. The van der Waals surface area contributed by atoms with Gasteiger partial charge in [0.05, 0.1) is 40.3 Å². The summed E-state index contributed by atoms with van der Waals surface area (Å²) < 4.78 is 56.5. The number of rotatable bonds is 6. The number of aromatic nitrogens is 4. The molecular weight excluding hydrogens is 721 g/mol. The maximum Gasteiger partial charge on any atom is 0.269 e. The van der Waals surface area contributed by atoms with Gasteiger partial charge in [0, 0.05) is 23.0 Å². The van der Waals surface area contributed by atoms with Gasteiger partial charge in [-0.2, -0.15) is 0 Å². The molecule has 0 aliphatic carbocycles. The molecule has 0 saturated heterocycles. The normalized spacial score (nSPS) is 13.7. The van der Waals surface area contributed by atoms with Crippen molar-refractivity contribution in [1.29, 1.82) is 0 Å². The molecule has 3 aromatic heterocycles. The Balaban J connectivity index is 1.22. The second-order valence-corrected chi connectivity index (χ2v) is 18.5. The predicted molar refractivity (Wildman–Crippen MR) is 244 cm³/mol. The monoisotopic (exact) mass is 777 g/mol. The zero-order valence-corrected chi connectivity index (χ0v) is 35.2. The molecule has 0 radical (unpaired) electrons.